The Bertz CT molecular complexity index is 1110. The molecule has 0 aliphatic carbocycles. The van der Waals surface area contributed by atoms with Crippen LogP contribution in [0.15, 0.2) is 78.9 Å². The molecule has 0 radical (unpaired) electrons. The number of amides is 1. The lowest BCUT2D eigenvalue weighted by molar-refractivity contribution is -0.144. The maximum Gasteiger partial charge on any atom is 0.329 e. The van der Waals surface area contributed by atoms with Crippen molar-refractivity contribution in [1.82, 2.24) is 5.32 Å². The fourth-order valence-electron chi connectivity index (χ4n) is 3.26. The van der Waals surface area contributed by atoms with Crippen molar-refractivity contribution in [2.75, 3.05) is 13.4 Å². The number of hydrogen-bond donors (Lipinski definition) is 1. The smallest absolute Gasteiger partial charge is 0.329 e. The molecule has 1 aliphatic heterocycles. The van der Waals surface area contributed by atoms with Gasteiger partial charge >= 0.3 is 5.97 Å². The number of ether oxygens (including phenoxy) is 3. The molecule has 3 aromatic rings. The normalized spacial score (nSPS) is 12.6. The molecule has 1 N–H and O–H groups in total. The Kier molecular flexibility index (Phi) is 6.46. The van der Waals surface area contributed by atoms with Crippen LogP contribution in [0.4, 0.5) is 0 Å². The molecule has 1 atom stereocenters. The third-order valence-corrected chi connectivity index (χ3v) is 4.95. The first-order chi connectivity index (χ1) is 15.6. The lowest BCUT2D eigenvalue weighted by Gasteiger charge is -2.18. The third-order valence-electron chi connectivity index (χ3n) is 4.95. The molecule has 0 saturated carbocycles. The van der Waals surface area contributed by atoms with Crippen LogP contribution in [0.25, 0.3) is 0 Å². The number of Topliss-reactive ketones (excluding diaryl/α,β-unsaturated/α-hetero) is 1. The molecule has 0 fully saturated rings. The average Bonchev–Trinajstić information content (AvgIpc) is 3.31. The van der Waals surface area contributed by atoms with Crippen LogP contribution in [0.2, 0.25) is 0 Å². The van der Waals surface area contributed by atoms with Gasteiger partial charge in [-0.2, -0.15) is 0 Å². The lowest BCUT2D eigenvalue weighted by atomic mass is 10.1. The summed E-state index contributed by atoms with van der Waals surface area (Å²) in [4.78, 5) is 37.9. The minimum atomic E-state index is -0.949. The standard InChI is InChI=1S/C25H21NO6/c27-21(19-11-12-22-23(14-19)32-16-31-22)15-30-25(29)20(13-17-7-3-1-4-8-17)26-24(28)18-9-5-2-6-10-18/h1-12,14,20H,13,15-16H2,(H,26,28). The topological polar surface area (TPSA) is 90.9 Å². The molecule has 0 saturated heterocycles. The Hall–Kier alpha value is -4.13. The molecule has 1 amide bonds. The van der Waals surface area contributed by atoms with E-state index >= 15 is 0 Å². The van der Waals surface area contributed by atoms with Gasteiger partial charge < -0.3 is 19.5 Å². The monoisotopic (exact) mass is 431 g/mol. The molecular weight excluding hydrogens is 410 g/mol. The Morgan fingerprint density at radius 3 is 2.28 bits per heavy atom. The van der Waals surface area contributed by atoms with Crippen molar-refractivity contribution < 1.29 is 28.6 Å². The molecule has 32 heavy (non-hydrogen) atoms. The summed E-state index contributed by atoms with van der Waals surface area (Å²) in [5.41, 5.74) is 1.62. The number of nitrogens with one attached hydrogen (secondary N) is 1. The van der Waals surface area contributed by atoms with E-state index < -0.39 is 24.5 Å². The first-order valence-corrected chi connectivity index (χ1v) is 10.1. The fraction of sp³-hybridized carbons (Fsp3) is 0.160. The van der Waals surface area contributed by atoms with Gasteiger partial charge in [0.1, 0.15) is 6.04 Å². The fourth-order valence-corrected chi connectivity index (χ4v) is 3.26. The summed E-state index contributed by atoms with van der Waals surface area (Å²) in [5.74, 6) is -0.438. The predicted octanol–water partition coefficient (Wildman–Crippen LogP) is 3.18. The van der Waals surface area contributed by atoms with E-state index in [1.165, 1.54) is 0 Å². The summed E-state index contributed by atoms with van der Waals surface area (Å²) in [7, 11) is 0. The Balaban J connectivity index is 1.43. The third kappa shape index (κ3) is 5.13. The summed E-state index contributed by atoms with van der Waals surface area (Å²) >= 11 is 0. The quantitative estimate of drug-likeness (QED) is 0.435. The van der Waals surface area contributed by atoms with Crippen molar-refractivity contribution in [1.29, 1.82) is 0 Å². The Morgan fingerprint density at radius 2 is 1.53 bits per heavy atom. The zero-order valence-electron chi connectivity index (χ0n) is 17.2. The molecular formula is C25H21NO6. The van der Waals surface area contributed by atoms with Gasteiger partial charge in [-0.05, 0) is 35.9 Å². The lowest BCUT2D eigenvalue weighted by Crippen LogP contribution is -2.43. The summed E-state index contributed by atoms with van der Waals surface area (Å²) in [6.45, 7) is -0.352. The molecule has 3 aromatic carbocycles. The highest BCUT2D eigenvalue weighted by atomic mass is 16.7. The molecule has 1 unspecified atom stereocenters. The highest BCUT2D eigenvalue weighted by Crippen LogP contribution is 2.32. The number of carbonyl (C=O) groups is 3. The zero-order valence-corrected chi connectivity index (χ0v) is 17.2. The SMILES string of the molecule is O=C(COC(=O)C(Cc1ccccc1)NC(=O)c1ccccc1)c1ccc2c(c1)OCO2. The number of fused-ring (bicyclic) bond motifs is 1. The molecule has 7 heteroatoms. The number of carbonyl (C=O) groups excluding carboxylic acids is 3. The highest BCUT2D eigenvalue weighted by Gasteiger charge is 2.25. The van der Waals surface area contributed by atoms with Gasteiger partial charge in [0.2, 0.25) is 6.79 Å². The highest BCUT2D eigenvalue weighted by molar-refractivity contribution is 5.99. The predicted molar refractivity (Wildman–Crippen MR) is 116 cm³/mol. The molecule has 1 aliphatic rings. The van der Waals surface area contributed by atoms with Gasteiger partial charge in [-0.3, -0.25) is 9.59 Å². The van der Waals surface area contributed by atoms with Gasteiger partial charge in [0, 0.05) is 17.5 Å². The van der Waals surface area contributed by atoms with Gasteiger partial charge in [0.25, 0.3) is 5.91 Å². The number of esters is 1. The number of ketones is 1. The van der Waals surface area contributed by atoms with Gasteiger partial charge in [0.05, 0.1) is 0 Å². The zero-order chi connectivity index (χ0) is 22.3. The van der Waals surface area contributed by atoms with Crippen LogP contribution in [0, 0.1) is 0 Å². The molecule has 0 bridgehead atoms. The summed E-state index contributed by atoms with van der Waals surface area (Å²) in [5, 5.41) is 2.72. The van der Waals surface area contributed by atoms with Crippen molar-refractivity contribution in [3.8, 4) is 11.5 Å². The molecule has 0 aromatic heterocycles. The molecule has 0 spiro atoms. The van der Waals surface area contributed by atoms with Crippen LogP contribution < -0.4 is 14.8 Å². The molecule has 162 valence electrons. The van der Waals surface area contributed by atoms with E-state index in [1.807, 2.05) is 30.3 Å². The minimum absolute atomic E-state index is 0.101. The van der Waals surface area contributed by atoms with Crippen molar-refractivity contribution in [3.05, 3.63) is 95.6 Å². The Labute approximate surface area is 184 Å². The largest absolute Gasteiger partial charge is 0.456 e. The second kappa shape index (κ2) is 9.78. The van der Waals surface area contributed by atoms with E-state index in [1.54, 1.807) is 48.5 Å². The minimum Gasteiger partial charge on any atom is -0.456 e. The van der Waals surface area contributed by atoms with E-state index in [2.05, 4.69) is 5.32 Å². The first kappa shape index (κ1) is 21.1. The summed E-state index contributed by atoms with van der Waals surface area (Å²) in [6.07, 6.45) is 0.233. The van der Waals surface area contributed by atoms with Crippen molar-refractivity contribution in [2.24, 2.45) is 0 Å². The van der Waals surface area contributed by atoms with E-state index in [-0.39, 0.29) is 19.0 Å². The first-order valence-electron chi connectivity index (χ1n) is 10.1. The molecule has 1 heterocycles. The van der Waals surface area contributed by atoms with Gasteiger partial charge in [-0.25, -0.2) is 4.79 Å². The van der Waals surface area contributed by atoms with Gasteiger partial charge in [-0.15, -0.1) is 0 Å². The second-order valence-electron chi connectivity index (χ2n) is 7.18. The van der Waals surface area contributed by atoms with Crippen molar-refractivity contribution in [3.63, 3.8) is 0 Å². The van der Waals surface area contributed by atoms with Crippen molar-refractivity contribution >= 4 is 17.7 Å². The number of benzene rings is 3. The van der Waals surface area contributed by atoms with Crippen LogP contribution in [-0.2, 0) is 16.0 Å². The van der Waals surface area contributed by atoms with Gasteiger partial charge in [0.15, 0.2) is 23.9 Å². The van der Waals surface area contributed by atoms with Crippen LogP contribution in [0.1, 0.15) is 26.3 Å². The number of hydrogen-bond acceptors (Lipinski definition) is 6. The van der Waals surface area contributed by atoms with E-state index in [0.717, 1.165) is 5.56 Å². The van der Waals surface area contributed by atoms with Gasteiger partial charge in [-0.1, -0.05) is 48.5 Å². The average molecular weight is 431 g/mol. The Morgan fingerprint density at radius 1 is 0.844 bits per heavy atom. The molecule has 7 nitrogen and oxygen atoms in total. The van der Waals surface area contributed by atoms with Crippen LogP contribution in [0.3, 0.4) is 0 Å². The van der Waals surface area contributed by atoms with E-state index in [0.29, 0.717) is 22.6 Å². The van der Waals surface area contributed by atoms with Crippen LogP contribution in [-0.4, -0.2) is 37.1 Å². The van der Waals surface area contributed by atoms with Crippen LogP contribution in [0.5, 0.6) is 11.5 Å². The number of rotatable bonds is 8. The second-order valence-corrected chi connectivity index (χ2v) is 7.18. The summed E-state index contributed by atoms with van der Waals surface area (Å²) in [6, 6.07) is 21.7. The molecule has 4 rings (SSSR count). The maximum absolute atomic E-state index is 12.8. The van der Waals surface area contributed by atoms with E-state index in [9.17, 15) is 14.4 Å². The summed E-state index contributed by atoms with van der Waals surface area (Å²) < 4.78 is 15.8. The van der Waals surface area contributed by atoms with E-state index in [4.69, 9.17) is 14.2 Å². The maximum atomic E-state index is 12.8. The van der Waals surface area contributed by atoms with Crippen LogP contribution >= 0.6 is 0 Å². The van der Waals surface area contributed by atoms with Crippen molar-refractivity contribution in [2.45, 2.75) is 12.5 Å².